The highest BCUT2D eigenvalue weighted by molar-refractivity contribution is 7.89. The molecular weight excluding hydrogens is 378 g/mol. The smallest absolute Gasteiger partial charge is 0.241 e. The zero-order valence-corrected chi connectivity index (χ0v) is 16.6. The molecule has 1 aromatic rings. The Bertz CT molecular complexity index is 688. The highest BCUT2D eigenvalue weighted by Gasteiger charge is 2.28. The highest BCUT2D eigenvalue weighted by atomic mass is 35.5. The second-order valence-electron chi connectivity index (χ2n) is 6.54. The Kier molecular flexibility index (Phi) is 7.85. The van der Waals surface area contributed by atoms with Gasteiger partial charge in [0, 0.05) is 31.2 Å². The lowest BCUT2D eigenvalue weighted by Gasteiger charge is -2.27. The van der Waals surface area contributed by atoms with Gasteiger partial charge < -0.3 is 10.1 Å². The molecule has 0 aromatic heterocycles. The zero-order valence-electron chi connectivity index (χ0n) is 15.1. The van der Waals surface area contributed by atoms with Crippen LogP contribution in [0.4, 0.5) is 0 Å². The molecule has 1 aliphatic rings. The maximum Gasteiger partial charge on any atom is 0.241 e. The van der Waals surface area contributed by atoms with E-state index in [-0.39, 0.29) is 16.7 Å². The van der Waals surface area contributed by atoms with Gasteiger partial charge in [-0.15, -0.1) is 0 Å². The van der Waals surface area contributed by atoms with Crippen molar-refractivity contribution in [1.82, 2.24) is 14.9 Å². The molecule has 0 saturated carbocycles. The first-order chi connectivity index (χ1) is 12.3. The number of nitrogens with one attached hydrogen (secondary N) is 2. The Morgan fingerprint density at radius 2 is 1.85 bits per heavy atom. The fraction of sp³-hybridized carbons (Fsp3) is 0.588. The fourth-order valence-electron chi connectivity index (χ4n) is 2.61. The monoisotopic (exact) mass is 403 g/mol. The van der Waals surface area contributed by atoms with Crippen molar-refractivity contribution < 1.29 is 17.9 Å². The van der Waals surface area contributed by atoms with E-state index in [0.717, 1.165) is 13.1 Å². The van der Waals surface area contributed by atoms with Crippen LogP contribution in [0.25, 0.3) is 0 Å². The van der Waals surface area contributed by atoms with Gasteiger partial charge in [0.2, 0.25) is 15.9 Å². The third kappa shape index (κ3) is 6.21. The second-order valence-corrected chi connectivity index (χ2v) is 8.69. The summed E-state index contributed by atoms with van der Waals surface area (Å²) in [5, 5.41) is 3.27. The molecule has 1 saturated heterocycles. The summed E-state index contributed by atoms with van der Waals surface area (Å²) >= 11 is 5.80. The lowest BCUT2D eigenvalue weighted by atomic mass is 10.1. The summed E-state index contributed by atoms with van der Waals surface area (Å²) in [6.45, 7) is 7.86. The molecule has 0 spiro atoms. The predicted molar refractivity (Wildman–Crippen MR) is 101 cm³/mol. The molecule has 2 N–H and O–H groups in total. The third-order valence-corrected chi connectivity index (χ3v) is 5.90. The topological polar surface area (TPSA) is 87.7 Å². The number of hydrogen-bond donors (Lipinski definition) is 2. The number of rotatable bonds is 8. The average molecular weight is 404 g/mol. The van der Waals surface area contributed by atoms with Gasteiger partial charge in [0.05, 0.1) is 18.1 Å². The molecule has 9 heteroatoms. The normalized spacial score (nSPS) is 17.2. The summed E-state index contributed by atoms with van der Waals surface area (Å²) in [7, 11) is -3.81. The molecular formula is C17H26ClN3O4S. The van der Waals surface area contributed by atoms with Crippen LogP contribution in [0, 0.1) is 5.92 Å². The van der Waals surface area contributed by atoms with Crippen LogP contribution in [0.3, 0.4) is 0 Å². The first-order valence-corrected chi connectivity index (χ1v) is 10.5. The van der Waals surface area contributed by atoms with Gasteiger partial charge >= 0.3 is 0 Å². The van der Waals surface area contributed by atoms with Crippen molar-refractivity contribution in [3.63, 3.8) is 0 Å². The van der Waals surface area contributed by atoms with Gasteiger partial charge in [0.15, 0.2) is 0 Å². The van der Waals surface area contributed by atoms with Gasteiger partial charge in [-0.05, 0) is 30.2 Å². The quantitative estimate of drug-likeness (QED) is 0.678. The molecule has 26 heavy (non-hydrogen) atoms. The first-order valence-electron chi connectivity index (χ1n) is 8.65. The number of benzene rings is 1. The number of morpholine rings is 1. The SMILES string of the molecule is CC(C)[C@H](NS(=O)(=O)c1ccc(Cl)cc1)C(=O)NCCN1CCOCC1. The summed E-state index contributed by atoms with van der Waals surface area (Å²) in [5.74, 6) is -0.522. The van der Waals surface area contributed by atoms with Crippen molar-refractivity contribution in [3.05, 3.63) is 29.3 Å². The predicted octanol–water partition coefficient (Wildman–Crippen LogP) is 1.09. The van der Waals surface area contributed by atoms with E-state index in [1.165, 1.54) is 24.3 Å². The van der Waals surface area contributed by atoms with Gasteiger partial charge in [0.25, 0.3) is 0 Å². The number of hydrogen-bond acceptors (Lipinski definition) is 5. The molecule has 2 rings (SSSR count). The number of halogens is 1. The number of ether oxygens (including phenoxy) is 1. The minimum absolute atomic E-state index is 0.0775. The van der Waals surface area contributed by atoms with Gasteiger partial charge in [-0.2, -0.15) is 4.72 Å². The van der Waals surface area contributed by atoms with E-state index in [1.807, 2.05) is 0 Å². The van der Waals surface area contributed by atoms with Gasteiger partial charge in [0.1, 0.15) is 6.04 Å². The van der Waals surface area contributed by atoms with Crippen LogP contribution >= 0.6 is 11.6 Å². The highest BCUT2D eigenvalue weighted by Crippen LogP contribution is 2.15. The molecule has 0 radical (unpaired) electrons. The lowest BCUT2D eigenvalue weighted by molar-refractivity contribution is -0.123. The molecule has 1 heterocycles. The number of carbonyl (C=O) groups excluding carboxylic acids is 1. The standard InChI is InChI=1S/C17H26ClN3O4S/c1-13(2)16(17(22)19-7-8-21-9-11-25-12-10-21)20-26(23,24)15-5-3-14(18)4-6-15/h3-6,13,16,20H,7-12H2,1-2H3,(H,19,22)/t16-/m0/s1. The van der Waals surface area contributed by atoms with E-state index in [0.29, 0.717) is 31.3 Å². The molecule has 1 atom stereocenters. The molecule has 7 nitrogen and oxygen atoms in total. The van der Waals surface area contributed by atoms with E-state index < -0.39 is 16.1 Å². The van der Waals surface area contributed by atoms with E-state index in [4.69, 9.17) is 16.3 Å². The maximum absolute atomic E-state index is 12.5. The van der Waals surface area contributed by atoms with Crippen LogP contribution in [0.15, 0.2) is 29.2 Å². The van der Waals surface area contributed by atoms with Crippen LogP contribution in [0.5, 0.6) is 0 Å². The van der Waals surface area contributed by atoms with Crippen molar-refractivity contribution >= 4 is 27.5 Å². The summed E-state index contributed by atoms with van der Waals surface area (Å²) in [6.07, 6.45) is 0. The number of carbonyl (C=O) groups is 1. The van der Waals surface area contributed by atoms with Crippen LogP contribution in [-0.4, -0.2) is 64.7 Å². The van der Waals surface area contributed by atoms with Crippen molar-refractivity contribution in [2.24, 2.45) is 5.92 Å². The molecule has 0 aliphatic carbocycles. The maximum atomic E-state index is 12.5. The number of sulfonamides is 1. The van der Waals surface area contributed by atoms with Gasteiger partial charge in [-0.3, -0.25) is 9.69 Å². The van der Waals surface area contributed by atoms with E-state index >= 15 is 0 Å². The van der Waals surface area contributed by atoms with Gasteiger partial charge in [-0.25, -0.2) is 8.42 Å². The first kappa shape index (κ1) is 21.1. The van der Waals surface area contributed by atoms with Crippen LogP contribution in [0.2, 0.25) is 5.02 Å². The molecule has 146 valence electrons. The van der Waals surface area contributed by atoms with Crippen molar-refractivity contribution in [2.75, 3.05) is 39.4 Å². The van der Waals surface area contributed by atoms with Crippen molar-refractivity contribution in [1.29, 1.82) is 0 Å². The van der Waals surface area contributed by atoms with Crippen molar-refractivity contribution in [3.8, 4) is 0 Å². The molecule has 1 aliphatic heterocycles. The minimum Gasteiger partial charge on any atom is -0.379 e. The third-order valence-electron chi connectivity index (χ3n) is 4.19. The van der Waals surface area contributed by atoms with E-state index in [1.54, 1.807) is 13.8 Å². The Labute approximate surface area is 160 Å². The van der Waals surface area contributed by atoms with Gasteiger partial charge in [-0.1, -0.05) is 25.4 Å². The Hall–Kier alpha value is -1.19. The van der Waals surface area contributed by atoms with Crippen molar-refractivity contribution in [2.45, 2.75) is 24.8 Å². The average Bonchev–Trinajstić information content (AvgIpc) is 2.60. The Morgan fingerprint density at radius 1 is 1.23 bits per heavy atom. The summed E-state index contributed by atoms with van der Waals surface area (Å²) in [5.41, 5.74) is 0. The van der Waals surface area contributed by atoms with Crippen LogP contribution in [0.1, 0.15) is 13.8 Å². The number of amides is 1. The molecule has 1 amide bonds. The summed E-state index contributed by atoms with van der Waals surface area (Å²) in [4.78, 5) is 14.8. The molecule has 1 fully saturated rings. The lowest BCUT2D eigenvalue weighted by Crippen LogP contribution is -2.51. The van der Waals surface area contributed by atoms with Crippen LogP contribution < -0.4 is 10.0 Å². The largest absolute Gasteiger partial charge is 0.379 e. The van der Waals surface area contributed by atoms with E-state index in [2.05, 4.69) is 14.9 Å². The van der Waals surface area contributed by atoms with E-state index in [9.17, 15) is 13.2 Å². The Morgan fingerprint density at radius 3 is 2.42 bits per heavy atom. The second kappa shape index (κ2) is 9.66. The zero-order chi connectivity index (χ0) is 19.2. The number of nitrogens with zero attached hydrogens (tertiary/aromatic N) is 1. The molecule has 0 bridgehead atoms. The minimum atomic E-state index is -3.81. The summed E-state index contributed by atoms with van der Waals surface area (Å²) < 4.78 is 32.8. The van der Waals surface area contributed by atoms with Crippen LogP contribution in [-0.2, 0) is 19.6 Å². The Balaban J connectivity index is 1.94. The molecule has 1 aromatic carbocycles. The fourth-order valence-corrected chi connectivity index (χ4v) is 4.08. The molecule has 0 unspecified atom stereocenters. The summed E-state index contributed by atoms with van der Waals surface area (Å²) in [6, 6.07) is 4.99.